The van der Waals surface area contributed by atoms with Gasteiger partial charge in [-0.05, 0) is 33.2 Å². The molecule has 2 unspecified atom stereocenters. The number of amides is 1. The first-order valence-corrected chi connectivity index (χ1v) is 7.09. The van der Waals surface area contributed by atoms with Crippen LogP contribution in [0.5, 0.6) is 0 Å². The van der Waals surface area contributed by atoms with Crippen molar-refractivity contribution in [3.63, 3.8) is 0 Å². The fourth-order valence-electron chi connectivity index (χ4n) is 2.81. The summed E-state index contributed by atoms with van der Waals surface area (Å²) in [5, 5.41) is 6.53. The van der Waals surface area contributed by atoms with E-state index >= 15 is 0 Å². The summed E-state index contributed by atoms with van der Waals surface area (Å²) in [5.74, 6) is 0.119. The maximum Gasteiger partial charge on any atom is 0.262 e. The molecule has 1 amide bonds. The van der Waals surface area contributed by atoms with Gasteiger partial charge in [-0.2, -0.15) is 0 Å². The van der Waals surface area contributed by atoms with E-state index in [0.717, 1.165) is 19.4 Å². The van der Waals surface area contributed by atoms with Crippen molar-refractivity contribution in [2.24, 2.45) is 0 Å². The number of fused-ring (bicyclic) bond motifs is 1. The van der Waals surface area contributed by atoms with E-state index in [1.165, 1.54) is 6.33 Å². The van der Waals surface area contributed by atoms with Crippen molar-refractivity contribution in [2.45, 2.75) is 38.8 Å². The molecule has 0 radical (unpaired) electrons. The molecule has 1 aliphatic heterocycles. The van der Waals surface area contributed by atoms with Gasteiger partial charge < -0.3 is 20.0 Å². The normalized spacial score (nSPS) is 22.4. The van der Waals surface area contributed by atoms with Gasteiger partial charge in [0.1, 0.15) is 11.1 Å². The summed E-state index contributed by atoms with van der Waals surface area (Å²) in [6, 6.07) is 0.254. The van der Waals surface area contributed by atoms with Gasteiger partial charge in [-0.3, -0.25) is 9.59 Å². The van der Waals surface area contributed by atoms with Crippen LogP contribution >= 0.6 is 0 Å². The lowest BCUT2D eigenvalue weighted by Gasteiger charge is -2.30. The number of furan rings is 1. The summed E-state index contributed by atoms with van der Waals surface area (Å²) in [5.41, 5.74) is 0.102. The van der Waals surface area contributed by atoms with Crippen molar-refractivity contribution < 1.29 is 9.21 Å². The van der Waals surface area contributed by atoms with E-state index in [-0.39, 0.29) is 40.2 Å². The van der Waals surface area contributed by atoms with Crippen molar-refractivity contribution in [3.8, 4) is 0 Å². The molecule has 2 aromatic rings. The minimum absolute atomic E-state index is 0.0475. The van der Waals surface area contributed by atoms with E-state index in [4.69, 9.17) is 4.42 Å². The Balaban J connectivity index is 1.94. The Morgan fingerprint density at radius 3 is 3.10 bits per heavy atom. The van der Waals surface area contributed by atoms with Gasteiger partial charge in [0.25, 0.3) is 11.5 Å². The van der Waals surface area contributed by atoms with Gasteiger partial charge in [-0.25, -0.2) is 4.98 Å². The maximum absolute atomic E-state index is 12.5. The first-order valence-electron chi connectivity index (χ1n) is 7.09. The predicted molar refractivity (Wildman–Crippen MR) is 77.3 cm³/mol. The van der Waals surface area contributed by atoms with E-state index in [9.17, 15) is 9.59 Å². The molecule has 2 atom stereocenters. The number of piperidine rings is 1. The van der Waals surface area contributed by atoms with Gasteiger partial charge in [0.15, 0.2) is 0 Å². The number of carbonyl (C=O) groups excluding carboxylic acids is 1. The molecule has 0 bridgehead atoms. The van der Waals surface area contributed by atoms with Gasteiger partial charge in [-0.1, -0.05) is 0 Å². The molecule has 3 N–H and O–H groups in total. The number of aryl methyl sites for hydroxylation is 1. The van der Waals surface area contributed by atoms with Crippen molar-refractivity contribution in [1.29, 1.82) is 0 Å². The zero-order chi connectivity index (χ0) is 15.0. The van der Waals surface area contributed by atoms with Crippen LogP contribution in [0.1, 0.15) is 35.9 Å². The molecule has 21 heavy (non-hydrogen) atoms. The van der Waals surface area contributed by atoms with E-state index in [0.29, 0.717) is 5.76 Å². The summed E-state index contributed by atoms with van der Waals surface area (Å²) in [6.07, 6.45) is 3.20. The molecule has 1 aliphatic rings. The number of H-pyrrole nitrogens is 1. The molecule has 7 nitrogen and oxygen atoms in total. The van der Waals surface area contributed by atoms with Crippen molar-refractivity contribution in [1.82, 2.24) is 20.6 Å². The molecule has 1 fully saturated rings. The number of nitrogens with zero attached hydrogens (tertiary/aromatic N) is 1. The van der Waals surface area contributed by atoms with Crippen LogP contribution in [0.15, 0.2) is 15.5 Å². The van der Waals surface area contributed by atoms with Crippen LogP contribution in [-0.4, -0.2) is 34.5 Å². The number of aromatic nitrogens is 2. The van der Waals surface area contributed by atoms with Gasteiger partial charge in [0, 0.05) is 12.1 Å². The third-order valence-electron chi connectivity index (χ3n) is 3.98. The molecule has 0 spiro atoms. The number of aromatic amines is 1. The number of carbonyl (C=O) groups is 1. The van der Waals surface area contributed by atoms with Crippen LogP contribution in [0.25, 0.3) is 11.1 Å². The summed E-state index contributed by atoms with van der Waals surface area (Å²) in [7, 11) is 0. The lowest BCUT2D eigenvalue weighted by atomic mass is 9.99. The fourth-order valence-corrected chi connectivity index (χ4v) is 2.81. The highest BCUT2D eigenvalue weighted by Gasteiger charge is 2.27. The third kappa shape index (κ3) is 2.44. The number of hydrogen-bond donors (Lipinski definition) is 3. The Hall–Kier alpha value is -2.15. The van der Waals surface area contributed by atoms with E-state index in [1.54, 1.807) is 6.92 Å². The molecule has 3 rings (SSSR count). The zero-order valence-electron chi connectivity index (χ0n) is 12.0. The molecular weight excluding hydrogens is 272 g/mol. The summed E-state index contributed by atoms with van der Waals surface area (Å²) < 4.78 is 5.41. The quantitative estimate of drug-likeness (QED) is 0.756. The Labute approximate surface area is 121 Å². The SMILES string of the molecule is Cc1oc2nc[nH]c(=O)c2c1C(=O)NC1CCCNC1C. The Kier molecular flexibility index (Phi) is 3.50. The molecule has 112 valence electrons. The van der Waals surface area contributed by atoms with Crippen LogP contribution < -0.4 is 16.2 Å². The summed E-state index contributed by atoms with van der Waals surface area (Å²) >= 11 is 0. The molecule has 3 heterocycles. The Morgan fingerprint density at radius 2 is 2.33 bits per heavy atom. The van der Waals surface area contributed by atoms with Gasteiger partial charge in [0.05, 0.1) is 11.9 Å². The van der Waals surface area contributed by atoms with Crippen LogP contribution in [0.3, 0.4) is 0 Å². The van der Waals surface area contributed by atoms with Gasteiger partial charge in [-0.15, -0.1) is 0 Å². The molecule has 0 saturated carbocycles. The highest BCUT2D eigenvalue weighted by Crippen LogP contribution is 2.21. The Bertz CT molecular complexity index is 733. The standard InChI is InChI=1S/C14H18N4O3/c1-7-9(4-3-5-15-7)18-13(20)10-8(2)21-14-11(10)12(19)16-6-17-14/h6-7,9,15H,3-5H2,1-2H3,(H,18,20)(H,16,17,19). The second kappa shape index (κ2) is 5.33. The highest BCUT2D eigenvalue weighted by molar-refractivity contribution is 6.06. The van der Waals surface area contributed by atoms with Crippen molar-refractivity contribution in [2.75, 3.05) is 6.54 Å². The van der Waals surface area contributed by atoms with E-state index in [1.807, 2.05) is 6.92 Å². The molecular formula is C14H18N4O3. The lowest BCUT2D eigenvalue weighted by molar-refractivity contribution is 0.0919. The zero-order valence-corrected chi connectivity index (χ0v) is 12.0. The van der Waals surface area contributed by atoms with Crippen LogP contribution in [0.4, 0.5) is 0 Å². The second-order valence-electron chi connectivity index (χ2n) is 5.41. The third-order valence-corrected chi connectivity index (χ3v) is 3.98. The van der Waals surface area contributed by atoms with Crippen LogP contribution in [0, 0.1) is 6.92 Å². The average molecular weight is 290 g/mol. The first kappa shape index (κ1) is 13.8. The maximum atomic E-state index is 12.5. The lowest BCUT2D eigenvalue weighted by Crippen LogP contribution is -2.52. The molecule has 7 heteroatoms. The predicted octanol–water partition coefficient (Wildman–Crippen LogP) is 0.695. The van der Waals surface area contributed by atoms with Crippen molar-refractivity contribution >= 4 is 17.0 Å². The van der Waals surface area contributed by atoms with Gasteiger partial charge in [0.2, 0.25) is 5.71 Å². The van der Waals surface area contributed by atoms with E-state index < -0.39 is 0 Å². The number of rotatable bonds is 2. The smallest absolute Gasteiger partial charge is 0.262 e. The summed E-state index contributed by atoms with van der Waals surface area (Å²) in [6.45, 7) is 4.67. The minimum Gasteiger partial charge on any atom is -0.442 e. The number of hydrogen-bond acceptors (Lipinski definition) is 5. The Morgan fingerprint density at radius 1 is 1.52 bits per heavy atom. The minimum atomic E-state index is -0.364. The highest BCUT2D eigenvalue weighted by atomic mass is 16.3. The molecule has 1 saturated heterocycles. The van der Waals surface area contributed by atoms with Crippen LogP contribution in [0.2, 0.25) is 0 Å². The molecule has 2 aromatic heterocycles. The summed E-state index contributed by atoms with van der Waals surface area (Å²) in [4.78, 5) is 30.9. The average Bonchev–Trinajstić information content (AvgIpc) is 2.79. The fraction of sp³-hybridized carbons (Fsp3) is 0.500. The monoisotopic (exact) mass is 290 g/mol. The largest absolute Gasteiger partial charge is 0.442 e. The topological polar surface area (TPSA) is 100 Å². The second-order valence-corrected chi connectivity index (χ2v) is 5.41. The number of nitrogens with one attached hydrogen (secondary N) is 3. The van der Waals surface area contributed by atoms with E-state index in [2.05, 4.69) is 20.6 Å². The molecule has 0 aliphatic carbocycles. The molecule has 0 aromatic carbocycles. The first-order chi connectivity index (χ1) is 10.1. The van der Waals surface area contributed by atoms with Crippen LogP contribution in [-0.2, 0) is 0 Å². The van der Waals surface area contributed by atoms with Crippen molar-refractivity contribution in [3.05, 3.63) is 28.0 Å². The van der Waals surface area contributed by atoms with Gasteiger partial charge >= 0.3 is 0 Å².